The maximum absolute atomic E-state index is 11.2. The van der Waals surface area contributed by atoms with E-state index < -0.39 is 0 Å². The van der Waals surface area contributed by atoms with Crippen molar-refractivity contribution in [3.05, 3.63) is 28.2 Å². The van der Waals surface area contributed by atoms with E-state index in [0.29, 0.717) is 24.6 Å². The number of hydrogen-bond donors (Lipinski definition) is 2. The molecule has 0 aliphatic carbocycles. The minimum absolute atomic E-state index is 0.129. The van der Waals surface area contributed by atoms with E-state index in [4.69, 9.17) is 10.5 Å². The first kappa shape index (κ1) is 8.80. The Morgan fingerprint density at radius 1 is 1.67 bits per heavy atom. The molecule has 4 nitrogen and oxygen atoms in total. The zero-order chi connectivity index (χ0) is 8.97. The quantitative estimate of drug-likeness (QED) is 0.679. The van der Waals surface area contributed by atoms with Crippen LogP contribution in [-0.2, 0) is 6.54 Å². The summed E-state index contributed by atoms with van der Waals surface area (Å²) in [7, 11) is 0. The molecule has 0 saturated heterocycles. The van der Waals surface area contributed by atoms with E-state index in [1.54, 1.807) is 0 Å². The van der Waals surface area contributed by atoms with E-state index in [0.717, 1.165) is 0 Å². The number of H-pyrrole nitrogens is 1. The second kappa shape index (κ2) is 3.92. The summed E-state index contributed by atoms with van der Waals surface area (Å²) in [6.45, 7) is 2.66. The number of pyridine rings is 1. The molecule has 66 valence electrons. The predicted octanol–water partition coefficient (Wildman–Crippen LogP) is 0.232. The third-order valence-electron chi connectivity index (χ3n) is 1.46. The molecule has 0 unspecified atom stereocenters. The largest absolute Gasteiger partial charge is 0.488 e. The molecule has 0 amide bonds. The van der Waals surface area contributed by atoms with Crippen molar-refractivity contribution in [3.63, 3.8) is 0 Å². The van der Waals surface area contributed by atoms with E-state index in [9.17, 15) is 4.79 Å². The molecule has 0 bridgehead atoms. The molecular weight excluding hydrogens is 156 g/mol. The Labute approximate surface area is 70.4 Å². The summed E-state index contributed by atoms with van der Waals surface area (Å²) in [6.07, 6.45) is 1.54. The highest BCUT2D eigenvalue weighted by Gasteiger charge is 1.99. The van der Waals surface area contributed by atoms with Crippen molar-refractivity contribution in [1.82, 2.24) is 4.98 Å². The van der Waals surface area contributed by atoms with Gasteiger partial charge in [0.2, 0.25) is 5.43 Å². The van der Waals surface area contributed by atoms with Crippen LogP contribution in [-0.4, -0.2) is 11.6 Å². The highest BCUT2D eigenvalue weighted by atomic mass is 16.5. The van der Waals surface area contributed by atoms with E-state index in [-0.39, 0.29) is 5.43 Å². The van der Waals surface area contributed by atoms with Crippen LogP contribution in [0.15, 0.2) is 17.1 Å². The lowest BCUT2D eigenvalue weighted by molar-refractivity contribution is 0.335. The standard InChI is InChI=1S/C8H12N2O2/c1-2-12-8-5-10-6(4-9)3-7(8)11/h3,5H,2,4,9H2,1H3,(H,10,11). The predicted molar refractivity (Wildman–Crippen MR) is 46.1 cm³/mol. The minimum atomic E-state index is -0.129. The van der Waals surface area contributed by atoms with Gasteiger partial charge in [0.1, 0.15) is 0 Å². The number of ether oxygens (including phenoxy) is 1. The van der Waals surface area contributed by atoms with Gasteiger partial charge in [0, 0.05) is 24.5 Å². The fourth-order valence-electron chi connectivity index (χ4n) is 0.887. The Balaban J connectivity index is 2.96. The van der Waals surface area contributed by atoms with Crippen LogP contribution in [0.4, 0.5) is 0 Å². The molecule has 3 N–H and O–H groups in total. The van der Waals surface area contributed by atoms with Crippen LogP contribution >= 0.6 is 0 Å². The lowest BCUT2D eigenvalue weighted by atomic mass is 10.3. The van der Waals surface area contributed by atoms with E-state index >= 15 is 0 Å². The topological polar surface area (TPSA) is 68.1 Å². The summed E-state index contributed by atoms with van der Waals surface area (Å²) in [6, 6.07) is 1.45. The molecule has 0 spiro atoms. The smallest absolute Gasteiger partial charge is 0.223 e. The maximum atomic E-state index is 11.2. The number of aromatic nitrogens is 1. The Bertz CT molecular complexity index is 306. The third-order valence-corrected chi connectivity index (χ3v) is 1.46. The van der Waals surface area contributed by atoms with E-state index in [1.165, 1.54) is 12.3 Å². The normalized spacial score (nSPS) is 9.83. The summed E-state index contributed by atoms with van der Waals surface area (Å²) in [5.74, 6) is 0.342. The second-order valence-corrected chi connectivity index (χ2v) is 2.32. The van der Waals surface area contributed by atoms with Gasteiger partial charge < -0.3 is 15.5 Å². The first-order valence-corrected chi connectivity index (χ1v) is 3.82. The number of nitrogens with one attached hydrogen (secondary N) is 1. The average Bonchev–Trinajstić information content (AvgIpc) is 2.09. The van der Waals surface area contributed by atoms with Crippen molar-refractivity contribution < 1.29 is 4.74 Å². The van der Waals surface area contributed by atoms with Gasteiger partial charge in [0.05, 0.1) is 6.61 Å². The highest BCUT2D eigenvalue weighted by molar-refractivity contribution is 5.20. The van der Waals surface area contributed by atoms with Gasteiger partial charge in [-0.05, 0) is 6.92 Å². The molecule has 12 heavy (non-hydrogen) atoms. The van der Waals surface area contributed by atoms with Crippen LogP contribution in [0, 0.1) is 0 Å². The fraction of sp³-hybridized carbons (Fsp3) is 0.375. The van der Waals surface area contributed by atoms with Crippen molar-refractivity contribution in [1.29, 1.82) is 0 Å². The summed E-state index contributed by atoms with van der Waals surface area (Å²) in [5, 5.41) is 0. The van der Waals surface area contributed by atoms with Gasteiger partial charge in [-0.2, -0.15) is 0 Å². The van der Waals surface area contributed by atoms with Crippen LogP contribution in [0.2, 0.25) is 0 Å². The monoisotopic (exact) mass is 168 g/mol. The van der Waals surface area contributed by atoms with Crippen LogP contribution in [0.1, 0.15) is 12.6 Å². The molecule has 0 fully saturated rings. The number of rotatable bonds is 3. The number of nitrogens with two attached hydrogens (primary N) is 1. The van der Waals surface area contributed by atoms with Gasteiger partial charge in [-0.1, -0.05) is 0 Å². The van der Waals surface area contributed by atoms with Gasteiger partial charge >= 0.3 is 0 Å². The van der Waals surface area contributed by atoms with Gasteiger partial charge in [0.15, 0.2) is 5.75 Å². The van der Waals surface area contributed by atoms with Gasteiger partial charge in [-0.25, -0.2) is 0 Å². The SMILES string of the molecule is CCOc1c[nH]c(CN)cc1=O. The minimum Gasteiger partial charge on any atom is -0.488 e. The van der Waals surface area contributed by atoms with Crippen molar-refractivity contribution in [2.24, 2.45) is 5.73 Å². The van der Waals surface area contributed by atoms with Crippen molar-refractivity contribution in [2.45, 2.75) is 13.5 Å². The molecule has 0 aliphatic heterocycles. The lowest BCUT2D eigenvalue weighted by Gasteiger charge is -2.02. The van der Waals surface area contributed by atoms with E-state index in [2.05, 4.69) is 4.98 Å². The highest BCUT2D eigenvalue weighted by Crippen LogP contribution is 2.00. The van der Waals surface area contributed by atoms with Crippen molar-refractivity contribution in [2.75, 3.05) is 6.61 Å². The van der Waals surface area contributed by atoms with Crippen molar-refractivity contribution >= 4 is 0 Å². The van der Waals surface area contributed by atoms with Crippen LogP contribution in [0.3, 0.4) is 0 Å². The van der Waals surface area contributed by atoms with Crippen molar-refractivity contribution in [3.8, 4) is 5.75 Å². The molecule has 1 rings (SSSR count). The Morgan fingerprint density at radius 2 is 2.42 bits per heavy atom. The molecule has 0 atom stereocenters. The molecule has 0 saturated carbocycles. The van der Waals surface area contributed by atoms with Crippen LogP contribution in [0.25, 0.3) is 0 Å². The number of aromatic amines is 1. The Morgan fingerprint density at radius 3 is 2.92 bits per heavy atom. The molecule has 1 heterocycles. The van der Waals surface area contributed by atoms with Crippen LogP contribution in [0.5, 0.6) is 5.75 Å². The fourth-order valence-corrected chi connectivity index (χ4v) is 0.887. The Hall–Kier alpha value is -1.29. The Kier molecular flexibility index (Phi) is 2.88. The van der Waals surface area contributed by atoms with Gasteiger partial charge in [0.25, 0.3) is 0 Å². The molecule has 4 heteroatoms. The summed E-state index contributed by atoms with van der Waals surface area (Å²) < 4.78 is 5.05. The summed E-state index contributed by atoms with van der Waals surface area (Å²) in [4.78, 5) is 14.1. The zero-order valence-electron chi connectivity index (χ0n) is 6.96. The molecule has 0 radical (unpaired) electrons. The first-order chi connectivity index (χ1) is 5.77. The molecule has 0 aromatic carbocycles. The molecule has 1 aromatic heterocycles. The molecular formula is C8H12N2O2. The van der Waals surface area contributed by atoms with E-state index in [1.807, 2.05) is 6.92 Å². The molecule has 1 aromatic rings. The lowest BCUT2D eigenvalue weighted by Crippen LogP contribution is -2.11. The summed E-state index contributed by atoms with van der Waals surface area (Å²) >= 11 is 0. The molecule has 0 aliphatic rings. The number of hydrogen-bond acceptors (Lipinski definition) is 3. The van der Waals surface area contributed by atoms with Crippen LogP contribution < -0.4 is 15.9 Å². The zero-order valence-corrected chi connectivity index (χ0v) is 6.96. The average molecular weight is 168 g/mol. The van der Waals surface area contributed by atoms with Gasteiger partial charge in [-0.15, -0.1) is 0 Å². The maximum Gasteiger partial charge on any atom is 0.223 e. The second-order valence-electron chi connectivity index (χ2n) is 2.32. The summed E-state index contributed by atoms with van der Waals surface area (Å²) in [5.41, 5.74) is 5.91. The third kappa shape index (κ3) is 1.85. The van der Waals surface area contributed by atoms with Gasteiger partial charge in [-0.3, -0.25) is 4.79 Å². The first-order valence-electron chi connectivity index (χ1n) is 3.82.